The zero-order chi connectivity index (χ0) is 15.0. The van der Waals surface area contributed by atoms with Gasteiger partial charge in [-0.15, -0.1) is 0 Å². The van der Waals surface area contributed by atoms with Crippen LogP contribution in [0.1, 0.15) is 40.0 Å². The highest BCUT2D eigenvalue weighted by Gasteiger charge is 2.70. The molecule has 0 bridgehead atoms. The van der Waals surface area contributed by atoms with Crippen molar-refractivity contribution in [1.29, 1.82) is 0 Å². The molecule has 0 radical (unpaired) electrons. The number of carbonyl (C=O) groups is 1. The molecule has 3 unspecified atom stereocenters. The van der Waals surface area contributed by atoms with Gasteiger partial charge in [0.15, 0.2) is 0 Å². The Bertz CT molecular complexity index is 372. The highest BCUT2D eigenvalue weighted by Crippen LogP contribution is 2.57. The molecule has 2 aliphatic rings. The van der Waals surface area contributed by atoms with E-state index in [-0.39, 0.29) is 30.0 Å². The van der Waals surface area contributed by atoms with Crippen molar-refractivity contribution in [1.82, 2.24) is 4.90 Å². The van der Waals surface area contributed by atoms with Crippen LogP contribution in [-0.2, 0) is 9.53 Å². The molecule has 116 valence electrons. The molecule has 0 aromatic heterocycles. The zero-order valence-corrected chi connectivity index (χ0v) is 12.9. The molecular weight excluding hydrogens is 256 g/mol. The topological polar surface area (TPSA) is 75.8 Å². The van der Waals surface area contributed by atoms with E-state index < -0.39 is 5.54 Å². The van der Waals surface area contributed by atoms with Crippen LogP contribution >= 0.6 is 0 Å². The molecule has 0 aromatic carbocycles. The Balaban J connectivity index is 2.18. The fraction of sp³-hybridized carbons (Fsp3) is 0.933. The fourth-order valence-corrected chi connectivity index (χ4v) is 3.94. The molecule has 1 heterocycles. The van der Waals surface area contributed by atoms with Crippen LogP contribution in [0, 0.1) is 11.3 Å². The number of aliphatic hydroxyl groups excluding tert-OH is 1. The summed E-state index contributed by atoms with van der Waals surface area (Å²) in [6.45, 7) is 8.11. The van der Waals surface area contributed by atoms with Gasteiger partial charge in [-0.25, -0.2) is 0 Å². The van der Waals surface area contributed by atoms with Gasteiger partial charge in [0.05, 0.1) is 6.10 Å². The Kier molecular flexibility index (Phi) is 4.42. The number of fused-ring (bicyclic) bond motifs is 1. The van der Waals surface area contributed by atoms with Crippen molar-refractivity contribution in [2.45, 2.75) is 51.7 Å². The molecule has 2 rings (SSSR count). The van der Waals surface area contributed by atoms with Crippen LogP contribution < -0.4 is 5.73 Å². The molecule has 3 atom stereocenters. The van der Waals surface area contributed by atoms with Crippen molar-refractivity contribution in [2.75, 3.05) is 26.3 Å². The Hall–Kier alpha value is -0.650. The lowest BCUT2D eigenvalue weighted by Crippen LogP contribution is -2.82. The van der Waals surface area contributed by atoms with Gasteiger partial charge < -0.3 is 20.5 Å². The molecule has 5 nitrogen and oxygen atoms in total. The van der Waals surface area contributed by atoms with Gasteiger partial charge in [0, 0.05) is 37.6 Å². The van der Waals surface area contributed by atoms with Crippen LogP contribution in [0.25, 0.3) is 0 Å². The van der Waals surface area contributed by atoms with Gasteiger partial charge in [-0.3, -0.25) is 4.79 Å². The predicted octanol–water partition coefficient (Wildman–Crippen LogP) is 0.750. The van der Waals surface area contributed by atoms with Gasteiger partial charge in [-0.05, 0) is 26.2 Å². The maximum absolute atomic E-state index is 12.9. The second-order valence-electron chi connectivity index (χ2n) is 6.59. The lowest BCUT2D eigenvalue weighted by atomic mass is 9.46. The van der Waals surface area contributed by atoms with E-state index in [1.165, 1.54) is 0 Å². The molecule has 1 saturated heterocycles. The number of aliphatic hydroxyl groups is 1. The molecule has 0 aromatic rings. The molecule has 1 saturated carbocycles. The standard InChI is InChI=1S/C15H28N2O3/c1-4-17(8-6-9-18)13(19)15(16)11-7-5-10-20-12(11)14(15,2)3/h11-12,18H,4-10,16H2,1-3H3. The number of amides is 1. The summed E-state index contributed by atoms with van der Waals surface area (Å²) in [5.41, 5.74) is 5.43. The van der Waals surface area contributed by atoms with E-state index in [2.05, 4.69) is 0 Å². The third kappa shape index (κ3) is 2.07. The minimum Gasteiger partial charge on any atom is -0.396 e. The van der Waals surface area contributed by atoms with Crippen LogP contribution in [0.5, 0.6) is 0 Å². The molecular formula is C15H28N2O3. The van der Waals surface area contributed by atoms with E-state index >= 15 is 0 Å². The minimum atomic E-state index is -0.830. The Labute approximate surface area is 121 Å². The fourth-order valence-electron chi connectivity index (χ4n) is 3.94. The Morgan fingerprint density at radius 1 is 1.50 bits per heavy atom. The number of carbonyl (C=O) groups excluding carboxylic acids is 1. The van der Waals surface area contributed by atoms with E-state index in [0.717, 1.165) is 19.4 Å². The van der Waals surface area contributed by atoms with Crippen molar-refractivity contribution in [3.8, 4) is 0 Å². The van der Waals surface area contributed by atoms with Crippen molar-refractivity contribution >= 4 is 5.91 Å². The number of nitrogens with zero attached hydrogens (tertiary/aromatic N) is 1. The quantitative estimate of drug-likeness (QED) is 0.781. The van der Waals surface area contributed by atoms with Crippen LogP contribution in [-0.4, -0.2) is 53.9 Å². The maximum Gasteiger partial charge on any atom is 0.243 e. The summed E-state index contributed by atoms with van der Waals surface area (Å²) < 4.78 is 5.84. The van der Waals surface area contributed by atoms with Crippen molar-refractivity contribution in [2.24, 2.45) is 17.1 Å². The van der Waals surface area contributed by atoms with E-state index in [4.69, 9.17) is 15.6 Å². The predicted molar refractivity (Wildman–Crippen MR) is 77.1 cm³/mol. The van der Waals surface area contributed by atoms with Crippen LogP contribution in [0.15, 0.2) is 0 Å². The maximum atomic E-state index is 12.9. The second kappa shape index (κ2) is 5.62. The highest BCUT2D eigenvalue weighted by atomic mass is 16.5. The van der Waals surface area contributed by atoms with Crippen molar-refractivity contribution in [3.63, 3.8) is 0 Å². The van der Waals surface area contributed by atoms with Crippen LogP contribution in [0.3, 0.4) is 0 Å². The average molecular weight is 284 g/mol. The number of rotatable bonds is 5. The first-order chi connectivity index (χ1) is 9.41. The lowest BCUT2D eigenvalue weighted by molar-refractivity contribution is -0.230. The molecule has 1 aliphatic carbocycles. The highest BCUT2D eigenvalue weighted by molar-refractivity contribution is 5.89. The number of likely N-dealkylation sites (N-methyl/N-ethyl adjacent to an activating group) is 1. The average Bonchev–Trinajstić information content (AvgIpc) is 2.46. The molecule has 1 aliphatic heterocycles. The summed E-state index contributed by atoms with van der Waals surface area (Å²) in [5, 5.41) is 8.97. The van der Waals surface area contributed by atoms with Gasteiger partial charge >= 0.3 is 0 Å². The summed E-state index contributed by atoms with van der Waals surface area (Å²) in [5.74, 6) is 0.145. The summed E-state index contributed by atoms with van der Waals surface area (Å²) in [6, 6.07) is 0. The van der Waals surface area contributed by atoms with Crippen molar-refractivity contribution in [3.05, 3.63) is 0 Å². The minimum absolute atomic E-state index is 0.0187. The third-order valence-electron chi connectivity index (χ3n) is 5.29. The summed E-state index contributed by atoms with van der Waals surface area (Å²) in [7, 11) is 0. The second-order valence-corrected chi connectivity index (χ2v) is 6.59. The Morgan fingerprint density at radius 3 is 2.80 bits per heavy atom. The monoisotopic (exact) mass is 284 g/mol. The summed E-state index contributed by atoms with van der Waals surface area (Å²) >= 11 is 0. The SMILES string of the molecule is CCN(CCCO)C(=O)C1(N)C2CCCOC2C1(C)C. The third-order valence-corrected chi connectivity index (χ3v) is 5.29. The summed E-state index contributed by atoms with van der Waals surface area (Å²) in [6.07, 6.45) is 2.64. The van der Waals surface area contributed by atoms with E-state index in [1.54, 1.807) is 4.90 Å². The van der Waals surface area contributed by atoms with Crippen LogP contribution in [0.4, 0.5) is 0 Å². The molecule has 20 heavy (non-hydrogen) atoms. The number of hydrogen-bond acceptors (Lipinski definition) is 4. The van der Waals surface area contributed by atoms with E-state index in [0.29, 0.717) is 19.5 Å². The molecule has 0 spiro atoms. The number of hydrogen-bond donors (Lipinski definition) is 2. The number of nitrogens with two attached hydrogens (primary N) is 1. The first-order valence-corrected chi connectivity index (χ1v) is 7.72. The van der Waals surface area contributed by atoms with Gasteiger partial charge in [-0.2, -0.15) is 0 Å². The zero-order valence-electron chi connectivity index (χ0n) is 12.9. The van der Waals surface area contributed by atoms with Crippen LogP contribution in [0.2, 0.25) is 0 Å². The van der Waals surface area contributed by atoms with Gasteiger partial charge in [0.1, 0.15) is 5.54 Å². The smallest absolute Gasteiger partial charge is 0.243 e. The summed E-state index contributed by atoms with van der Waals surface area (Å²) in [4.78, 5) is 14.7. The first-order valence-electron chi connectivity index (χ1n) is 7.72. The van der Waals surface area contributed by atoms with E-state index in [9.17, 15) is 4.79 Å². The molecule has 3 N–H and O–H groups in total. The first kappa shape index (κ1) is 15.7. The lowest BCUT2D eigenvalue weighted by Gasteiger charge is -2.65. The largest absolute Gasteiger partial charge is 0.396 e. The molecule has 2 fully saturated rings. The molecule has 5 heteroatoms. The van der Waals surface area contributed by atoms with E-state index in [1.807, 2.05) is 20.8 Å². The molecule has 1 amide bonds. The normalized spacial score (nSPS) is 35.0. The van der Waals surface area contributed by atoms with Gasteiger partial charge in [-0.1, -0.05) is 13.8 Å². The van der Waals surface area contributed by atoms with Crippen molar-refractivity contribution < 1.29 is 14.6 Å². The van der Waals surface area contributed by atoms with Gasteiger partial charge in [0.25, 0.3) is 0 Å². The van der Waals surface area contributed by atoms with Gasteiger partial charge in [0.2, 0.25) is 5.91 Å². The Morgan fingerprint density at radius 2 is 2.20 bits per heavy atom. The number of ether oxygens (including phenoxy) is 1.